The van der Waals surface area contributed by atoms with Gasteiger partial charge in [0.15, 0.2) is 0 Å². The Morgan fingerprint density at radius 3 is 2.79 bits per heavy atom. The molecule has 0 radical (unpaired) electrons. The molecular weight excluding hydrogens is 268 g/mol. The van der Waals surface area contributed by atoms with Crippen LogP contribution in [0.1, 0.15) is 19.7 Å². The molecule has 0 bridgehead atoms. The van der Waals surface area contributed by atoms with Gasteiger partial charge in [-0.25, -0.2) is 4.98 Å². The summed E-state index contributed by atoms with van der Waals surface area (Å²) in [4.78, 5) is 16.2. The molecule has 0 saturated carbocycles. The van der Waals surface area contributed by atoms with Gasteiger partial charge < -0.3 is 14.6 Å². The van der Waals surface area contributed by atoms with Gasteiger partial charge >= 0.3 is 6.01 Å². The molecule has 7 nitrogen and oxygen atoms in total. The van der Waals surface area contributed by atoms with E-state index in [1.54, 1.807) is 6.20 Å². The number of ether oxygens (including phenoxy) is 1. The molecule has 0 spiro atoms. The van der Waals surface area contributed by atoms with Crippen molar-refractivity contribution in [3.8, 4) is 6.01 Å². The molecule has 0 aliphatic rings. The largest absolute Gasteiger partial charge is 0.461 e. The van der Waals surface area contributed by atoms with Crippen molar-refractivity contribution in [3.63, 3.8) is 0 Å². The minimum atomic E-state index is -0.0270. The molecule has 2 aromatic heterocycles. The summed E-state index contributed by atoms with van der Waals surface area (Å²) in [5.74, 6) is 1.22. The molecule has 2 aromatic rings. The average molecular weight is 283 g/mol. The van der Waals surface area contributed by atoms with Gasteiger partial charge in [0.05, 0.1) is 12.6 Å². The Morgan fingerprint density at radius 1 is 1.37 bits per heavy atom. The quantitative estimate of drug-likeness (QED) is 0.898. The van der Waals surface area contributed by atoms with Gasteiger partial charge in [-0.05, 0) is 25.4 Å². The fraction of sp³-hybridized carbons (Fsp3) is 0.455. The molecule has 0 fully saturated rings. The lowest BCUT2D eigenvalue weighted by Crippen LogP contribution is -2.12. The van der Waals surface area contributed by atoms with Crippen LogP contribution in [0.4, 0.5) is 5.95 Å². The van der Waals surface area contributed by atoms with Crippen LogP contribution in [0, 0.1) is 0 Å². The lowest BCUT2D eigenvalue weighted by Gasteiger charge is -2.09. The second-order valence-corrected chi connectivity index (χ2v) is 4.52. The Morgan fingerprint density at radius 2 is 2.16 bits per heavy atom. The highest BCUT2D eigenvalue weighted by Gasteiger charge is 2.08. The van der Waals surface area contributed by atoms with Crippen LogP contribution in [-0.2, 0) is 13.6 Å². The maximum absolute atomic E-state index is 5.82. The Labute approximate surface area is 116 Å². The number of imidazole rings is 1. The summed E-state index contributed by atoms with van der Waals surface area (Å²) in [6.45, 7) is 4.27. The average Bonchev–Trinajstić information content (AvgIpc) is 2.70. The van der Waals surface area contributed by atoms with E-state index in [1.807, 2.05) is 31.7 Å². The molecule has 0 atom stereocenters. The van der Waals surface area contributed by atoms with E-state index in [9.17, 15) is 0 Å². The second-order valence-electron chi connectivity index (χ2n) is 4.19. The van der Waals surface area contributed by atoms with Gasteiger partial charge in [-0.3, -0.25) is 0 Å². The van der Waals surface area contributed by atoms with E-state index >= 15 is 0 Å². The number of anilines is 1. The van der Waals surface area contributed by atoms with Crippen molar-refractivity contribution in [2.75, 3.05) is 5.32 Å². The molecule has 0 aliphatic carbocycles. The Bertz CT molecular complexity index is 556. The first-order valence-electron chi connectivity index (χ1n) is 5.83. The number of aryl methyl sites for hydroxylation is 1. The summed E-state index contributed by atoms with van der Waals surface area (Å²) in [5.41, 5.74) is 0. The second kappa shape index (κ2) is 5.83. The molecule has 102 valence electrons. The number of nitrogens with one attached hydrogen (secondary N) is 1. The summed E-state index contributed by atoms with van der Waals surface area (Å²) in [6, 6.07) is 0.206. The lowest BCUT2D eigenvalue weighted by atomic mass is 10.5. The number of nitrogens with zero attached hydrogens (tertiary/aromatic N) is 5. The zero-order valence-electron chi connectivity index (χ0n) is 11.0. The van der Waals surface area contributed by atoms with Gasteiger partial charge in [-0.2, -0.15) is 15.0 Å². The van der Waals surface area contributed by atoms with E-state index in [0.717, 1.165) is 5.82 Å². The Kier molecular flexibility index (Phi) is 4.16. The van der Waals surface area contributed by atoms with Crippen molar-refractivity contribution >= 4 is 17.5 Å². The van der Waals surface area contributed by atoms with Crippen LogP contribution in [0.2, 0.25) is 5.28 Å². The van der Waals surface area contributed by atoms with E-state index in [1.165, 1.54) is 0 Å². The predicted molar refractivity (Wildman–Crippen MR) is 71.1 cm³/mol. The molecule has 2 rings (SSSR count). The molecule has 8 heteroatoms. The molecule has 1 N–H and O–H groups in total. The summed E-state index contributed by atoms with van der Waals surface area (Å²) in [5, 5.41) is 3.12. The van der Waals surface area contributed by atoms with Crippen molar-refractivity contribution in [1.82, 2.24) is 24.5 Å². The molecule has 0 amide bonds. The van der Waals surface area contributed by atoms with Gasteiger partial charge in [0, 0.05) is 19.4 Å². The van der Waals surface area contributed by atoms with Crippen molar-refractivity contribution in [3.05, 3.63) is 23.5 Å². The van der Waals surface area contributed by atoms with Gasteiger partial charge in [0.25, 0.3) is 0 Å². The van der Waals surface area contributed by atoms with Crippen molar-refractivity contribution < 1.29 is 4.74 Å². The SMILES string of the molecule is CC(C)Oc1nc(Cl)nc(NCc2nccn2C)n1. The highest BCUT2D eigenvalue weighted by Crippen LogP contribution is 2.13. The van der Waals surface area contributed by atoms with E-state index in [-0.39, 0.29) is 17.4 Å². The van der Waals surface area contributed by atoms with Crippen LogP contribution < -0.4 is 10.1 Å². The first-order chi connectivity index (χ1) is 9.04. The molecule has 0 unspecified atom stereocenters. The molecular formula is C11H15ClN6O. The van der Waals surface area contributed by atoms with Crippen LogP contribution in [0.5, 0.6) is 6.01 Å². The Hall–Kier alpha value is -1.89. The maximum Gasteiger partial charge on any atom is 0.322 e. The summed E-state index contributed by atoms with van der Waals surface area (Å²) < 4.78 is 7.29. The highest BCUT2D eigenvalue weighted by molar-refractivity contribution is 6.28. The maximum atomic E-state index is 5.82. The molecule has 0 aliphatic heterocycles. The van der Waals surface area contributed by atoms with Crippen LogP contribution in [-0.4, -0.2) is 30.6 Å². The fourth-order valence-electron chi connectivity index (χ4n) is 1.40. The normalized spacial score (nSPS) is 10.8. The standard InChI is InChI=1S/C11H15ClN6O/c1-7(2)19-11-16-9(12)15-10(17-11)14-6-8-13-4-5-18(8)3/h4-5,7H,6H2,1-3H3,(H,14,15,16,17). The lowest BCUT2D eigenvalue weighted by molar-refractivity contribution is 0.222. The van der Waals surface area contributed by atoms with Crippen molar-refractivity contribution in [2.24, 2.45) is 7.05 Å². The van der Waals surface area contributed by atoms with Crippen molar-refractivity contribution in [2.45, 2.75) is 26.5 Å². The third kappa shape index (κ3) is 3.78. The predicted octanol–water partition coefficient (Wildman–Crippen LogP) is 1.66. The monoisotopic (exact) mass is 282 g/mol. The van der Waals surface area contributed by atoms with Crippen molar-refractivity contribution in [1.29, 1.82) is 0 Å². The van der Waals surface area contributed by atoms with Gasteiger partial charge in [-0.1, -0.05) is 0 Å². The van der Waals surface area contributed by atoms with E-state index in [4.69, 9.17) is 16.3 Å². The van der Waals surface area contributed by atoms with Crippen LogP contribution in [0.25, 0.3) is 0 Å². The molecule has 19 heavy (non-hydrogen) atoms. The highest BCUT2D eigenvalue weighted by atomic mass is 35.5. The van der Waals surface area contributed by atoms with E-state index in [2.05, 4.69) is 25.3 Å². The first-order valence-corrected chi connectivity index (χ1v) is 6.20. The number of rotatable bonds is 5. The molecule has 2 heterocycles. The number of hydrogen-bond donors (Lipinski definition) is 1. The third-order valence-corrected chi connectivity index (χ3v) is 2.42. The molecule has 0 saturated heterocycles. The smallest absolute Gasteiger partial charge is 0.322 e. The summed E-state index contributed by atoms with van der Waals surface area (Å²) in [7, 11) is 1.91. The Balaban J connectivity index is 2.07. The minimum absolute atomic E-state index is 0.0270. The van der Waals surface area contributed by atoms with Crippen LogP contribution >= 0.6 is 11.6 Å². The van der Waals surface area contributed by atoms with E-state index < -0.39 is 0 Å². The van der Waals surface area contributed by atoms with Gasteiger partial charge in [0.1, 0.15) is 5.82 Å². The number of hydrogen-bond acceptors (Lipinski definition) is 6. The zero-order valence-corrected chi connectivity index (χ0v) is 11.7. The zero-order chi connectivity index (χ0) is 13.8. The van der Waals surface area contributed by atoms with Gasteiger partial charge in [-0.15, -0.1) is 0 Å². The third-order valence-electron chi connectivity index (χ3n) is 2.25. The topological polar surface area (TPSA) is 77.8 Å². The van der Waals surface area contributed by atoms with E-state index in [0.29, 0.717) is 12.5 Å². The fourth-order valence-corrected chi connectivity index (χ4v) is 1.55. The summed E-state index contributed by atoms with van der Waals surface area (Å²) in [6.07, 6.45) is 3.57. The first kappa shape index (κ1) is 13.5. The molecule has 0 aromatic carbocycles. The number of aromatic nitrogens is 5. The number of halogens is 1. The summed E-state index contributed by atoms with van der Waals surface area (Å²) >= 11 is 5.82. The van der Waals surface area contributed by atoms with Gasteiger partial charge in [0.2, 0.25) is 11.2 Å². The van der Waals surface area contributed by atoms with Crippen LogP contribution in [0.15, 0.2) is 12.4 Å². The van der Waals surface area contributed by atoms with Crippen LogP contribution in [0.3, 0.4) is 0 Å². The minimum Gasteiger partial charge on any atom is -0.461 e.